The second-order valence-electron chi connectivity index (χ2n) is 4.88. The van der Waals surface area contributed by atoms with Crippen LogP contribution in [0.4, 0.5) is 20.2 Å². The van der Waals surface area contributed by atoms with Crippen LogP contribution in [0.3, 0.4) is 0 Å². The Balaban J connectivity index is 2.23. The number of rotatable bonds is 4. The Bertz CT molecular complexity index is 682. The van der Waals surface area contributed by atoms with Crippen LogP contribution in [-0.4, -0.2) is 4.92 Å². The van der Waals surface area contributed by atoms with Gasteiger partial charge in [0.15, 0.2) is 0 Å². The van der Waals surface area contributed by atoms with Gasteiger partial charge in [-0.05, 0) is 37.1 Å². The van der Waals surface area contributed by atoms with E-state index >= 15 is 0 Å². The van der Waals surface area contributed by atoms with E-state index in [0.29, 0.717) is 6.07 Å². The van der Waals surface area contributed by atoms with E-state index in [0.717, 1.165) is 22.9 Å². The Morgan fingerprint density at radius 1 is 1.05 bits per heavy atom. The number of benzene rings is 2. The van der Waals surface area contributed by atoms with E-state index in [4.69, 9.17) is 0 Å². The number of anilines is 1. The number of halogens is 2. The van der Waals surface area contributed by atoms with Gasteiger partial charge in [-0.1, -0.05) is 6.07 Å². The van der Waals surface area contributed by atoms with Crippen LogP contribution in [0, 0.1) is 35.6 Å². The number of hydrogen-bond donors (Lipinski definition) is 1. The van der Waals surface area contributed by atoms with E-state index in [9.17, 15) is 18.9 Å². The highest BCUT2D eigenvalue weighted by Gasteiger charge is 2.18. The molecule has 4 nitrogen and oxygen atoms in total. The molecule has 0 heterocycles. The van der Waals surface area contributed by atoms with Gasteiger partial charge in [0.25, 0.3) is 0 Å². The lowest BCUT2D eigenvalue weighted by molar-refractivity contribution is -0.387. The summed E-state index contributed by atoms with van der Waals surface area (Å²) < 4.78 is 26.9. The summed E-state index contributed by atoms with van der Waals surface area (Å²) in [5.74, 6) is -1.98. The molecule has 0 aliphatic heterocycles. The monoisotopic (exact) mass is 292 g/mol. The van der Waals surface area contributed by atoms with Crippen molar-refractivity contribution in [2.75, 3.05) is 5.32 Å². The van der Waals surface area contributed by atoms with Crippen LogP contribution < -0.4 is 5.32 Å². The van der Waals surface area contributed by atoms with Crippen molar-refractivity contribution in [2.24, 2.45) is 0 Å². The number of hydrogen-bond acceptors (Lipinski definition) is 3. The minimum absolute atomic E-state index is 0.0375. The van der Waals surface area contributed by atoms with Gasteiger partial charge in [0.1, 0.15) is 5.82 Å². The highest BCUT2D eigenvalue weighted by Crippen LogP contribution is 2.23. The van der Waals surface area contributed by atoms with Crippen LogP contribution in [0.2, 0.25) is 0 Å². The summed E-state index contributed by atoms with van der Waals surface area (Å²) in [7, 11) is 0. The molecule has 0 bridgehead atoms. The lowest BCUT2D eigenvalue weighted by Gasteiger charge is -2.09. The predicted molar refractivity (Wildman–Crippen MR) is 76.3 cm³/mol. The van der Waals surface area contributed by atoms with E-state index in [1.807, 2.05) is 32.0 Å². The summed E-state index contributed by atoms with van der Waals surface area (Å²) in [5.41, 5.74) is 2.18. The average molecular weight is 292 g/mol. The second kappa shape index (κ2) is 5.87. The zero-order valence-electron chi connectivity index (χ0n) is 11.6. The normalized spacial score (nSPS) is 10.5. The lowest BCUT2D eigenvalue weighted by Crippen LogP contribution is -2.04. The molecule has 0 aliphatic carbocycles. The molecule has 2 rings (SSSR count). The molecule has 6 heteroatoms. The average Bonchev–Trinajstić information content (AvgIpc) is 2.36. The van der Waals surface area contributed by atoms with Crippen LogP contribution >= 0.6 is 0 Å². The van der Waals surface area contributed by atoms with E-state index < -0.39 is 22.2 Å². The Kier molecular flexibility index (Phi) is 4.16. The topological polar surface area (TPSA) is 55.2 Å². The van der Waals surface area contributed by atoms with E-state index in [1.165, 1.54) is 0 Å². The van der Waals surface area contributed by atoms with Crippen molar-refractivity contribution < 1.29 is 13.7 Å². The van der Waals surface area contributed by atoms with Crippen LogP contribution in [0.1, 0.15) is 16.7 Å². The smallest absolute Gasteiger partial charge is 0.305 e. The maximum absolute atomic E-state index is 13.7. The van der Waals surface area contributed by atoms with Crippen LogP contribution in [0.5, 0.6) is 0 Å². The number of aryl methyl sites for hydroxylation is 2. The molecule has 2 aromatic rings. The van der Waals surface area contributed by atoms with E-state index in [2.05, 4.69) is 5.32 Å². The highest BCUT2D eigenvalue weighted by atomic mass is 19.1. The summed E-state index contributed by atoms with van der Waals surface area (Å²) in [6.07, 6.45) is 0. The SMILES string of the molecule is Cc1cc(C)cc(NCc2cc([N+](=O)[O-])c(F)cc2F)c1. The molecule has 0 amide bonds. The number of nitrogens with zero attached hydrogens (tertiary/aromatic N) is 1. The molecule has 1 N–H and O–H groups in total. The first-order valence-electron chi connectivity index (χ1n) is 6.31. The summed E-state index contributed by atoms with van der Waals surface area (Å²) in [5, 5.41) is 13.7. The van der Waals surface area contributed by atoms with Gasteiger partial charge >= 0.3 is 5.69 Å². The third kappa shape index (κ3) is 3.53. The van der Waals surface area contributed by atoms with Gasteiger partial charge in [-0.25, -0.2) is 4.39 Å². The molecule has 2 aromatic carbocycles. The fourth-order valence-corrected chi connectivity index (χ4v) is 2.13. The first-order chi connectivity index (χ1) is 9.86. The summed E-state index contributed by atoms with van der Waals surface area (Å²) in [6, 6.07) is 7.21. The maximum Gasteiger partial charge on any atom is 0.305 e. The van der Waals surface area contributed by atoms with Gasteiger partial charge in [0, 0.05) is 29.9 Å². The zero-order valence-corrected chi connectivity index (χ0v) is 11.6. The minimum Gasteiger partial charge on any atom is -0.381 e. The Labute approximate surface area is 120 Å². The quantitative estimate of drug-likeness (QED) is 0.681. The van der Waals surface area contributed by atoms with Gasteiger partial charge in [0.2, 0.25) is 5.82 Å². The summed E-state index contributed by atoms with van der Waals surface area (Å²) in [4.78, 5) is 9.81. The minimum atomic E-state index is -1.17. The molecule has 0 saturated heterocycles. The second-order valence-corrected chi connectivity index (χ2v) is 4.88. The van der Waals surface area contributed by atoms with Crippen molar-refractivity contribution in [1.29, 1.82) is 0 Å². The third-order valence-corrected chi connectivity index (χ3v) is 3.02. The number of nitrogens with one attached hydrogen (secondary N) is 1. The standard InChI is InChI=1S/C15H14F2N2O2/c1-9-3-10(2)5-12(4-9)18-8-11-6-15(19(20)21)14(17)7-13(11)16/h3-7,18H,8H2,1-2H3. The zero-order chi connectivity index (χ0) is 15.6. The highest BCUT2D eigenvalue weighted by molar-refractivity contribution is 5.49. The molecule has 0 radical (unpaired) electrons. The Morgan fingerprint density at radius 2 is 1.67 bits per heavy atom. The Hall–Kier alpha value is -2.50. The predicted octanol–water partition coefficient (Wildman–Crippen LogP) is 4.10. The number of nitro benzene ring substituents is 1. The summed E-state index contributed by atoms with van der Waals surface area (Å²) >= 11 is 0. The summed E-state index contributed by atoms with van der Waals surface area (Å²) in [6.45, 7) is 3.90. The van der Waals surface area contributed by atoms with Crippen molar-refractivity contribution in [3.63, 3.8) is 0 Å². The number of nitro groups is 1. The van der Waals surface area contributed by atoms with Crippen LogP contribution in [0.25, 0.3) is 0 Å². The fraction of sp³-hybridized carbons (Fsp3) is 0.200. The molecule has 0 spiro atoms. The fourth-order valence-electron chi connectivity index (χ4n) is 2.13. The molecule has 0 atom stereocenters. The van der Waals surface area contributed by atoms with Crippen molar-refractivity contribution >= 4 is 11.4 Å². The van der Waals surface area contributed by atoms with E-state index in [1.54, 1.807) is 0 Å². The van der Waals surface area contributed by atoms with Gasteiger partial charge < -0.3 is 5.32 Å². The molecule has 0 aliphatic rings. The van der Waals surface area contributed by atoms with Gasteiger partial charge in [-0.2, -0.15) is 4.39 Å². The van der Waals surface area contributed by atoms with Crippen molar-refractivity contribution in [2.45, 2.75) is 20.4 Å². The largest absolute Gasteiger partial charge is 0.381 e. The maximum atomic E-state index is 13.7. The molecule has 21 heavy (non-hydrogen) atoms. The van der Waals surface area contributed by atoms with Crippen LogP contribution in [-0.2, 0) is 6.54 Å². The molecule has 0 aromatic heterocycles. The van der Waals surface area contributed by atoms with Crippen molar-refractivity contribution in [3.05, 3.63) is 68.8 Å². The van der Waals surface area contributed by atoms with Crippen LogP contribution in [0.15, 0.2) is 30.3 Å². The van der Waals surface area contributed by atoms with Gasteiger partial charge in [-0.15, -0.1) is 0 Å². The third-order valence-electron chi connectivity index (χ3n) is 3.02. The van der Waals surface area contributed by atoms with Gasteiger partial charge in [-0.3, -0.25) is 10.1 Å². The first-order valence-corrected chi connectivity index (χ1v) is 6.31. The molecule has 0 unspecified atom stereocenters. The first kappa shape index (κ1) is 14.9. The lowest BCUT2D eigenvalue weighted by atomic mass is 10.1. The van der Waals surface area contributed by atoms with Crippen molar-refractivity contribution in [1.82, 2.24) is 0 Å². The van der Waals surface area contributed by atoms with Crippen molar-refractivity contribution in [3.8, 4) is 0 Å². The molecule has 0 fully saturated rings. The molecule has 0 saturated carbocycles. The molecular formula is C15H14F2N2O2. The Morgan fingerprint density at radius 3 is 2.24 bits per heavy atom. The molecule has 110 valence electrons. The molecular weight excluding hydrogens is 278 g/mol. The van der Waals surface area contributed by atoms with Gasteiger partial charge in [0.05, 0.1) is 4.92 Å². The van der Waals surface area contributed by atoms with E-state index in [-0.39, 0.29) is 12.1 Å².